The first-order valence-corrected chi connectivity index (χ1v) is 6.51. The number of halogens is 1. The molecule has 0 spiro atoms. The zero-order valence-electron chi connectivity index (χ0n) is 9.25. The van der Waals surface area contributed by atoms with Crippen molar-refractivity contribution in [2.45, 2.75) is 6.92 Å². The van der Waals surface area contributed by atoms with Crippen LogP contribution in [0.5, 0.6) is 0 Å². The van der Waals surface area contributed by atoms with E-state index in [1.807, 2.05) is 0 Å². The van der Waals surface area contributed by atoms with Crippen LogP contribution in [0.3, 0.4) is 0 Å². The number of anilines is 1. The van der Waals surface area contributed by atoms with E-state index in [2.05, 4.69) is 10.0 Å². The molecule has 0 atom stereocenters. The molecule has 4 nitrogen and oxygen atoms in total. The Morgan fingerprint density at radius 2 is 2.06 bits per heavy atom. The average molecular weight is 246 g/mol. The Morgan fingerprint density at radius 3 is 2.69 bits per heavy atom. The summed E-state index contributed by atoms with van der Waals surface area (Å²) in [7, 11) is -1.83. The van der Waals surface area contributed by atoms with Gasteiger partial charge in [-0.25, -0.2) is 12.8 Å². The number of rotatable bonds is 5. The molecule has 0 unspecified atom stereocenters. The molecule has 0 fully saturated rings. The molecule has 0 heterocycles. The summed E-state index contributed by atoms with van der Waals surface area (Å²) in [5.74, 6) is -0.657. The second kappa shape index (κ2) is 5.27. The van der Waals surface area contributed by atoms with Crippen LogP contribution in [0.1, 0.15) is 5.56 Å². The van der Waals surface area contributed by atoms with Gasteiger partial charge in [0.05, 0.1) is 11.4 Å². The van der Waals surface area contributed by atoms with Crippen molar-refractivity contribution in [3.63, 3.8) is 0 Å². The molecule has 0 aliphatic carbocycles. The van der Waals surface area contributed by atoms with Crippen molar-refractivity contribution in [2.75, 3.05) is 24.1 Å². The van der Waals surface area contributed by atoms with Crippen LogP contribution in [-0.2, 0) is 10.0 Å². The second-order valence-electron chi connectivity index (χ2n) is 3.51. The monoisotopic (exact) mass is 246 g/mol. The van der Waals surface area contributed by atoms with E-state index < -0.39 is 15.8 Å². The topological polar surface area (TPSA) is 58.2 Å². The van der Waals surface area contributed by atoms with Gasteiger partial charge in [-0.15, -0.1) is 0 Å². The van der Waals surface area contributed by atoms with Gasteiger partial charge in [-0.3, -0.25) is 4.72 Å². The van der Waals surface area contributed by atoms with Gasteiger partial charge in [-0.05, 0) is 31.7 Å². The van der Waals surface area contributed by atoms with E-state index >= 15 is 0 Å². The summed E-state index contributed by atoms with van der Waals surface area (Å²) in [6, 6.07) is 4.29. The van der Waals surface area contributed by atoms with Gasteiger partial charge in [0, 0.05) is 6.54 Å². The maximum Gasteiger partial charge on any atom is 0.234 e. The summed E-state index contributed by atoms with van der Waals surface area (Å²) in [6.07, 6.45) is 0. The second-order valence-corrected chi connectivity index (χ2v) is 5.35. The molecule has 0 aromatic heterocycles. The molecule has 0 amide bonds. The van der Waals surface area contributed by atoms with Gasteiger partial charge in [0.1, 0.15) is 5.82 Å². The number of sulfonamides is 1. The van der Waals surface area contributed by atoms with E-state index in [0.717, 1.165) is 5.56 Å². The third kappa shape index (κ3) is 3.79. The number of hydrogen-bond acceptors (Lipinski definition) is 3. The first kappa shape index (κ1) is 12.9. The highest BCUT2D eigenvalue weighted by Gasteiger charge is 2.12. The lowest BCUT2D eigenvalue weighted by atomic mass is 10.2. The summed E-state index contributed by atoms with van der Waals surface area (Å²) in [5, 5.41) is 2.72. The smallest absolute Gasteiger partial charge is 0.234 e. The minimum atomic E-state index is -3.49. The molecule has 6 heteroatoms. The third-order valence-electron chi connectivity index (χ3n) is 2.01. The highest BCUT2D eigenvalue weighted by Crippen LogP contribution is 2.16. The predicted molar refractivity (Wildman–Crippen MR) is 62.5 cm³/mol. The fourth-order valence-electron chi connectivity index (χ4n) is 1.17. The van der Waals surface area contributed by atoms with Crippen LogP contribution in [0, 0.1) is 12.7 Å². The Hall–Kier alpha value is -1.14. The minimum absolute atomic E-state index is 0.00361. The molecule has 0 aliphatic heterocycles. The van der Waals surface area contributed by atoms with Crippen molar-refractivity contribution in [2.24, 2.45) is 0 Å². The highest BCUT2D eigenvalue weighted by molar-refractivity contribution is 7.92. The van der Waals surface area contributed by atoms with Crippen LogP contribution >= 0.6 is 0 Å². The highest BCUT2D eigenvalue weighted by atomic mass is 32.2. The molecule has 0 saturated heterocycles. The lowest BCUT2D eigenvalue weighted by Gasteiger charge is -2.09. The van der Waals surface area contributed by atoms with E-state index in [1.165, 1.54) is 12.1 Å². The van der Waals surface area contributed by atoms with Crippen molar-refractivity contribution in [1.29, 1.82) is 0 Å². The zero-order chi connectivity index (χ0) is 12.2. The Balaban J connectivity index is 2.83. The predicted octanol–water partition coefficient (Wildman–Crippen LogP) is 1.10. The summed E-state index contributed by atoms with van der Waals surface area (Å²) in [6.45, 7) is 2.09. The van der Waals surface area contributed by atoms with Crippen molar-refractivity contribution < 1.29 is 12.8 Å². The quantitative estimate of drug-likeness (QED) is 0.818. The normalized spacial score (nSPS) is 11.4. The lowest BCUT2D eigenvalue weighted by Crippen LogP contribution is -2.24. The van der Waals surface area contributed by atoms with Crippen LogP contribution in [0.4, 0.5) is 10.1 Å². The Morgan fingerprint density at radius 1 is 1.38 bits per heavy atom. The van der Waals surface area contributed by atoms with Crippen molar-refractivity contribution in [3.8, 4) is 0 Å². The van der Waals surface area contributed by atoms with Crippen LogP contribution < -0.4 is 10.0 Å². The molecule has 1 rings (SSSR count). The molecule has 1 aromatic carbocycles. The zero-order valence-corrected chi connectivity index (χ0v) is 10.1. The molecule has 0 radical (unpaired) electrons. The van der Waals surface area contributed by atoms with Gasteiger partial charge in [-0.2, -0.15) is 0 Å². The van der Waals surface area contributed by atoms with Gasteiger partial charge < -0.3 is 5.32 Å². The number of benzene rings is 1. The largest absolute Gasteiger partial charge is 0.319 e. The van der Waals surface area contributed by atoms with Crippen LogP contribution in [-0.4, -0.2) is 27.8 Å². The number of hydrogen-bond donors (Lipinski definition) is 2. The van der Waals surface area contributed by atoms with Gasteiger partial charge in [-0.1, -0.05) is 6.07 Å². The fourth-order valence-corrected chi connectivity index (χ4v) is 2.24. The molecule has 0 aliphatic rings. The molecule has 2 N–H and O–H groups in total. The van der Waals surface area contributed by atoms with Gasteiger partial charge in [0.25, 0.3) is 0 Å². The summed E-state index contributed by atoms with van der Waals surface area (Å²) < 4.78 is 38.5. The number of nitrogens with one attached hydrogen (secondary N) is 2. The van der Waals surface area contributed by atoms with E-state index in [1.54, 1.807) is 20.0 Å². The van der Waals surface area contributed by atoms with Crippen LogP contribution in [0.2, 0.25) is 0 Å². The van der Waals surface area contributed by atoms with Crippen molar-refractivity contribution in [1.82, 2.24) is 5.32 Å². The summed E-state index contributed by atoms with van der Waals surface area (Å²) >= 11 is 0. The molecule has 1 aromatic rings. The van der Waals surface area contributed by atoms with Gasteiger partial charge >= 0.3 is 0 Å². The maximum atomic E-state index is 13.3. The number of aryl methyl sites for hydroxylation is 1. The first-order chi connectivity index (χ1) is 7.44. The van der Waals surface area contributed by atoms with Crippen LogP contribution in [0.25, 0.3) is 0 Å². The van der Waals surface area contributed by atoms with E-state index in [4.69, 9.17) is 0 Å². The molecule has 0 bridgehead atoms. The first-order valence-electron chi connectivity index (χ1n) is 4.86. The molecule has 16 heavy (non-hydrogen) atoms. The van der Waals surface area contributed by atoms with Gasteiger partial charge in [0.2, 0.25) is 10.0 Å². The summed E-state index contributed by atoms with van der Waals surface area (Å²) in [4.78, 5) is 0. The SMILES string of the molecule is CNCCS(=O)(=O)Nc1cc(C)ccc1F. The Labute approximate surface area is 94.9 Å². The standard InChI is InChI=1S/C10H15FN2O2S/c1-8-3-4-9(11)10(7-8)13-16(14,15)6-5-12-2/h3-4,7,12-13H,5-6H2,1-2H3. The average Bonchev–Trinajstić information content (AvgIpc) is 2.20. The minimum Gasteiger partial charge on any atom is -0.319 e. The third-order valence-corrected chi connectivity index (χ3v) is 3.28. The summed E-state index contributed by atoms with van der Waals surface area (Å²) in [5.41, 5.74) is 0.795. The van der Waals surface area contributed by atoms with Crippen molar-refractivity contribution in [3.05, 3.63) is 29.6 Å². The maximum absolute atomic E-state index is 13.3. The Bertz CT molecular complexity index is 460. The molecule has 90 valence electrons. The molecule has 0 saturated carbocycles. The van der Waals surface area contributed by atoms with E-state index in [0.29, 0.717) is 6.54 Å². The Kier molecular flexibility index (Phi) is 4.26. The fraction of sp³-hybridized carbons (Fsp3) is 0.400. The van der Waals surface area contributed by atoms with E-state index in [9.17, 15) is 12.8 Å². The van der Waals surface area contributed by atoms with Crippen molar-refractivity contribution >= 4 is 15.7 Å². The lowest BCUT2D eigenvalue weighted by molar-refractivity contribution is 0.596. The van der Waals surface area contributed by atoms with Crippen LogP contribution in [0.15, 0.2) is 18.2 Å². The molecular weight excluding hydrogens is 231 g/mol. The van der Waals surface area contributed by atoms with E-state index in [-0.39, 0.29) is 11.4 Å². The van der Waals surface area contributed by atoms with Gasteiger partial charge in [0.15, 0.2) is 0 Å². The molecular formula is C10H15FN2O2S.